The van der Waals surface area contributed by atoms with Gasteiger partial charge in [-0.15, -0.1) is 0 Å². The third-order valence-corrected chi connectivity index (χ3v) is 2.06. The molecule has 6 N–H and O–H groups in total. The second-order valence-electron chi connectivity index (χ2n) is 3.51. The number of nitrogens with two attached hydrogens (primary N) is 2. The van der Waals surface area contributed by atoms with Gasteiger partial charge in [0.1, 0.15) is 11.8 Å². The average molecular weight is 232 g/mol. The Kier molecular flexibility index (Phi) is 6.28. The maximum absolute atomic E-state index is 11.3. The molecule has 7 heteroatoms. The van der Waals surface area contributed by atoms with E-state index in [1.807, 2.05) is 0 Å². The molecule has 2 atom stereocenters. The van der Waals surface area contributed by atoms with Crippen LogP contribution in [0, 0.1) is 0 Å². The standard InChI is InChI=1S/C9H16N2O5/c10-5(9(15)16)2-1-3-7(12)6(11)4-8(13)14/h5-6H,1-4,10-11H2,(H,13,14)(H,15,16)/t5?,6-/m1/s1. The molecular formula is C9H16N2O5. The highest BCUT2D eigenvalue weighted by atomic mass is 16.4. The number of carboxylic acid groups (broad SMARTS) is 2. The van der Waals surface area contributed by atoms with Crippen LogP contribution in [0.15, 0.2) is 0 Å². The Hall–Kier alpha value is -1.47. The molecule has 1 unspecified atom stereocenters. The number of hydrogen-bond acceptors (Lipinski definition) is 5. The van der Waals surface area contributed by atoms with E-state index in [9.17, 15) is 14.4 Å². The van der Waals surface area contributed by atoms with Crippen molar-refractivity contribution in [2.24, 2.45) is 11.5 Å². The first-order chi connectivity index (χ1) is 7.34. The van der Waals surface area contributed by atoms with E-state index in [2.05, 4.69) is 0 Å². The lowest BCUT2D eigenvalue weighted by Gasteiger charge is -2.08. The second kappa shape index (κ2) is 6.91. The van der Waals surface area contributed by atoms with Crippen molar-refractivity contribution < 1.29 is 24.6 Å². The van der Waals surface area contributed by atoms with Gasteiger partial charge >= 0.3 is 11.9 Å². The maximum Gasteiger partial charge on any atom is 0.320 e. The molecule has 0 rings (SSSR count). The molecule has 0 aromatic heterocycles. The Labute approximate surface area is 92.4 Å². The summed E-state index contributed by atoms with van der Waals surface area (Å²) in [6, 6.07) is -2.03. The van der Waals surface area contributed by atoms with E-state index >= 15 is 0 Å². The highest BCUT2D eigenvalue weighted by Crippen LogP contribution is 2.03. The van der Waals surface area contributed by atoms with E-state index in [-0.39, 0.29) is 18.6 Å². The summed E-state index contributed by atoms with van der Waals surface area (Å²) in [5, 5.41) is 16.9. The molecule has 0 aliphatic carbocycles. The van der Waals surface area contributed by atoms with Gasteiger partial charge in [0.05, 0.1) is 12.5 Å². The van der Waals surface area contributed by atoms with Crippen molar-refractivity contribution in [3.05, 3.63) is 0 Å². The van der Waals surface area contributed by atoms with Gasteiger partial charge in [-0.05, 0) is 12.8 Å². The van der Waals surface area contributed by atoms with Crippen LogP contribution in [0.2, 0.25) is 0 Å². The van der Waals surface area contributed by atoms with E-state index in [0.29, 0.717) is 6.42 Å². The molecule has 7 nitrogen and oxygen atoms in total. The van der Waals surface area contributed by atoms with Crippen molar-refractivity contribution in [2.75, 3.05) is 0 Å². The summed E-state index contributed by atoms with van der Waals surface area (Å²) in [5.41, 5.74) is 10.5. The van der Waals surface area contributed by atoms with Crippen LogP contribution in [0.4, 0.5) is 0 Å². The summed E-state index contributed by atoms with van der Waals surface area (Å²) in [4.78, 5) is 31.9. The van der Waals surface area contributed by atoms with Gasteiger partial charge in [0.15, 0.2) is 0 Å². The first-order valence-corrected chi connectivity index (χ1v) is 4.83. The van der Waals surface area contributed by atoms with Crippen LogP contribution < -0.4 is 11.5 Å². The van der Waals surface area contributed by atoms with Gasteiger partial charge in [-0.2, -0.15) is 0 Å². The number of ketones is 1. The quantitative estimate of drug-likeness (QED) is 0.417. The number of aliphatic carboxylic acids is 2. The number of carbonyl (C=O) groups is 3. The van der Waals surface area contributed by atoms with Crippen molar-refractivity contribution in [1.29, 1.82) is 0 Å². The van der Waals surface area contributed by atoms with Crippen LogP contribution in [-0.2, 0) is 14.4 Å². The summed E-state index contributed by atoms with van der Waals surface area (Å²) >= 11 is 0. The summed E-state index contributed by atoms with van der Waals surface area (Å²) in [6.45, 7) is 0. The molecule has 92 valence electrons. The van der Waals surface area contributed by atoms with E-state index in [1.165, 1.54) is 0 Å². The smallest absolute Gasteiger partial charge is 0.320 e. The summed E-state index contributed by atoms with van der Waals surface area (Å²) < 4.78 is 0. The first-order valence-electron chi connectivity index (χ1n) is 4.83. The summed E-state index contributed by atoms with van der Waals surface area (Å²) in [7, 11) is 0. The topological polar surface area (TPSA) is 144 Å². The lowest BCUT2D eigenvalue weighted by atomic mass is 10.0. The van der Waals surface area contributed by atoms with Gasteiger partial charge in [0.2, 0.25) is 0 Å². The molecule has 0 saturated heterocycles. The molecule has 0 aromatic rings. The van der Waals surface area contributed by atoms with E-state index in [1.54, 1.807) is 0 Å². The van der Waals surface area contributed by atoms with E-state index in [4.69, 9.17) is 21.7 Å². The number of hydrogen-bond donors (Lipinski definition) is 4. The predicted octanol–water partition coefficient (Wildman–Crippen LogP) is -1.06. The van der Waals surface area contributed by atoms with Gasteiger partial charge in [-0.25, -0.2) is 0 Å². The Bertz CT molecular complexity index is 279. The molecule has 0 spiro atoms. The highest BCUT2D eigenvalue weighted by molar-refractivity contribution is 5.87. The fraction of sp³-hybridized carbons (Fsp3) is 0.667. The van der Waals surface area contributed by atoms with Gasteiger partial charge in [0.25, 0.3) is 0 Å². The Balaban J connectivity index is 3.81. The molecule has 0 bridgehead atoms. The first kappa shape index (κ1) is 14.5. The molecule has 0 fully saturated rings. The monoisotopic (exact) mass is 232 g/mol. The van der Waals surface area contributed by atoms with Crippen LogP contribution in [0.5, 0.6) is 0 Å². The van der Waals surface area contributed by atoms with Crippen molar-refractivity contribution in [1.82, 2.24) is 0 Å². The second-order valence-corrected chi connectivity index (χ2v) is 3.51. The highest BCUT2D eigenvalue weighted by Gasteiger charge is 2.18. The van der Waals surface area contributed by atoms with Gasteiger partial charge in [0, 0.05) is 6.42 Å². The maximum atomic E-state index is 11.3. The lowest BCUT2D eigenvalue weighted by molar-refractivity contribution is -0.139. The van der Waals surface area contributed by atoms with Crippen LogP contribution in [0.25, 0.3) is 0 Å². The molecule has 0 saturated carbocycles. The number of Topliss-reactive ketones (excluding diaryl/α,β-unsaturated/α-hetero) is 1. The third-order valence-electron chi connectivity index (χ3n) is 2.06. The summed E-state index contributed by atoms with van der Waals surface area (Å²) in [6.07, 6.45) is 0.0970. The van der Waals surface area contributed by atoms with Crippen molar-refractivity contribution in [2.45, 2.75) is 37.8 Å². The van der Waals surface area contributed by atoms with Crippen molar-refractivity contribution >= 4 is 17.7 Å². The zero-order valence-electron chi connectivity index (χ0n) is 8.76. The normalized spacial score (nSPS) is 14.1. The molecule has 0 aliphatic heterocycles. The van der Waals surface area contributed by atoms with E-state index in [0.717, 1.165) is 0 Å². The molecule has 0 amide bonds. The fourth-order valence-electron chi connectivity index (χ4n) is 1.11. The molecule has 16 heavy (non-hydrogen) atoms. The van der Waals surface area contributed by atoms with Crippen LogP contribution in [-0.4, -0.2) is 40.0 Å². The zero-order valence-corrected chi connectivity index (χ0v) is 8.76. The largest absolute Gasteiger partial charge is 0.481 e. The van der Waals surface area contributed by atoms with Crippen molar-refractivity contribution in [3.63, 3.8) is 0 Å². The van der Waals surface area contributed by atoms with Gasteiger partial charge < -0.3 is 21.7 Å². The fourth-order valence-corrected chi connectivity index (χ4v) is 1.11. The van der Waals surface area contributed by atoms with Gasteiger partial charge in [-0.1, -0.05) is 0 Å². The number of carboxylic acids is 2. The van der Waals surface area contributed by atoms with Crippen LogP contribution in [0.1, 0.15) is 25.7 Å². The number of rotatable bonds is 8. The minimum Gasteiger partial charge on any atom is -0.481 e. The minimum atomic E-state index is -1.14. The summed E-state index contributed by atoms with van der Waals surface area (Å²) in [5.74, 6) is -2.65. The third kappa shape index (κ3) is 6.10. The molecule has 0 radical (unpaired) electrons. The predicted molar refractivity (Wildman–Crippen MR) is 54.7 cm³/mol. The van der Waals surface area contributed by atoms with E-state index < -0.39 is 30.4 Å². The van der Waals surface area contributed by atoms with Gasteiger partial charge in [-0.3, -0.25) is 14.4 Å². The van der Waals surface area contributed by atoms with Crippen LogP contribution in [0.3, 0.4) is 0 Å². The lowest BCUT2D eigenvalue weighted by Crippen LogP contribution is -2.34. The van der Waals surface area contributed by atoms with Crippen molar-refractivity contribution in [3.8, 4) is 0 Å². The molecule has 0 heterocycles. The molecule has 0 aliphatic rings. The van der Waals surface area contributed by atoms with Crippen LogP contribution >= 0.6 is 0 Å². The molecular weight excluding hydrogens is 216 g/mol. The Morgan fingerprint density at radius 3 is 2.06 bits per heavy atom. The molecule has 0 aromatic carbocycles. The zero-order chi connectivity index (χ0) is 12.7. The minimum absolute atomic E-state index is 0.0510. The SMILES string of the molecule is NC(CCCC(=O)[C@H](N)CC(=O)O)C(=O)O. The Morgan fingerprint density at radius 1 is 1.06 bits per heavy atom. The average Bonchev–Trinajstić information content (AvgIpc) is 2.15. The Morgan fingerprint density at radius 2 is 1.62 bits per heavy atom. The number of carbonyl (C=O) groups excluding carboxylic acids is 1.